The van der Waals surface area contributed by atoms with Crippen LogP contribution in [0.1, 0.15) is 61.4 Å². The second-order valence-corrected chi connectivity index (χ2v) is 10.1. The number of nitrogens with zero attached hydrogens (tertiary/aromatic N) is 2. The third kappa shape index (κ3) is 5.94. The molecule has 1 aromatic heterocycles. The van der Waals surface area contributed by atoms with Gasteiger partial charge >= 0.3 is 0 Å². The summed E-state index contributed by atoms with van der Waals surface area (Å²) in [4.78, 5) is 21.3. The predicted molar refractivity (Wildman–Crippen MR) is 159 cm³/mol. The summed E-state index contributed by atoms with van der Waals surface area (Å²) < 4.78 is 0. The van der Waals surface area contributed by atoms with E-state index in [1.54, 1.807) is 0 Å². The van der Waals surface area contributed by atoms with Crippen LogP contribution in [0, 0.1) is 0 Å². The van der Waals surface area contributed by atoms with Crippen LogP contribution in [-0.2, 0) is 6.54 Å². The molecule has 1 heterocycles. The fourth-order valence-corrected chi connectivity index (χ4v) is 5.25. The Morgan fingerprint density at radius 2 is 1.39 bits per heavy atom. The maximum Gasteiger partial charge on any atom is 0.254 e. The average Bonchev–Trinajstić information content (AvgIpc) is 2.98. The molecule has 0 aliphatic heterocycles. The lowest BCUT2D eigenvalue weighted by Gasteiger charge is -2.25. The van der Waals surface area contributed by atoms with Crippen molar-refractivity contribution in [2.45, 2.75) is 52.0 Å². The van der Waals surface area contributed by atoms with Crippen LogP contribution in [0.15, 0.2) is 103 Å². The van der Waals surface area contributed by atoms with Crippen LogP contribution in [0.2, 0.25) is 0 Å². The van der Waals surface area contributed by atoms with Crippen molar-refractivity contribution in [2.75, 3.05) is 6.54 Å². The number of rotatable bonds is 11. The number of unbranched alkanes of at least 4 members (excludes halogenated alkanes) is 5. The van der Waals surface area contributed by atoms with E-state index in [1.807, 2.05) is 48.5 Å². The highest BCUT2D eigenvalue weighted by molar-refractivity contribution is 6.07. The lowest BCUT2D eigenvalue weighted by atomic mass is 10.0. The number of hydrogen-bond donors (Lipinski definition) is 0. The van der Waals surface area contributed by atoms with Crippen molar-refractivity contribution in [3.8, 4) is 11.3 Å². The topological polar surface area (TPSA) is 33.2 Å². The smallest absolute Gasteiger partial charge is 0.254 e. The highest BCUT2D eigenvalue weighted by Crippen LogP contribution is 2.27. The molecule has 0 N–H and O–H groups in total. The molecule has 0 atom stereocenters. The maximum absolute atomic E-state index is 14.3. The van der Waals surface area contributed by atoms with Crippen molar-refractivity contribution in [3.05, 3.63) is 114 Å². The molecular weight excluding hydrogens is 464 g/mol. The molecule has 0 radical (unpaired) electrons. The number of hydrogen-bond acceptors (Lipinski definition) is 2. The molecule has 3 nitrogen and oxygen atoms in total. The van der Waals surface area contributed by atoms with Crippen molar-refractivity contribution in [1.29, 1.82) is 0 Å². The zero-order valence-corrected chi connectivity index (χ0v) is 22.3. The number of fused-ring (bicyclic) bond motifs is 2. The second-order valence-electron chi connectivity index (χ2n) is 10.1. The molecule has 192 valence electrons. The van der Waals surface area contributed by atoms with Gasteiger partial charge in [0, 0.05) is 24.0 Å². The van der Waals surface area contributed by atoms with Crippen LogP contribution in [-0.4, -0.2) is 22.3 Å². The van der Waals surface area contributed by atoms with Crippen LogP contribution in [0.5, 0.6) is 0 Å². The van der Waals surface area contributed by atoms with Gasteiger partial charge in [0.05, 0.1) is 16.8 Å². The standard InChI is InChI=1S/C35H36N2O/c1-2-3-4-5-6-14-24-37(26-29-20-15-19-27-16-10-11-21-30(27)29)35(38)32-25-34(28-17-8-7-9-18-28)36-33-23-13-12-22-31(32)33/h7-13,15-23,25H,2-6,14,24,26H2,1H3. The van der Waals surface area contributed by atoms with Gasteiger partial charge in [0.25, 0.3) is 5.91 Å². The van der Waals surface area contributed by atoms with Crippen LogP contribution in [0.4, 0.5) is 0 Å². The number of benzene rings is 4. The molecule has 3 heteroatoms. The minimum Gasteiger partial charge on any atom is -0.334 e. The van der Waals surface area contributed by atoms with Gasteiger partial charge in [0.2, 0.25) is 0 Å². The molecule has 0 bridgehead atoms. The average molecular weight is 501 g/mol. The first kappa shape index (κ1) is 25.7. The largest absolute Gasteiger partial charge is 0.334 e. The first-order valence-corrected chi connectivity index (χ1v) is 14.0. The molecule has 1 amide bonds. The fourth-order valence-electron chi connectivity index (χ4n) is 5.25. The zero-order valence-electron chi connectivity index (χ0n) is 22.3. The number of aromatic nitrogens is 1. The number of carbonyl (C=O) groups excluding carboxylic acids is 1. The molecule has 0 saturated heterocycles. The van der Waals surface area contributed by atoms with Gasteiger partial charge in [-0.15, -0.1) is 0 Å². The van der Waals surface area contributed by atoms with Gasteiger partial charge in [-0.3, -0.25) is 4.79 Å². The molecular formula is C35H36N2O. The summed E-state index contributed by atoms with van der Waals surface area (Å²) in [6.07, 6.45) is 7.17. The van der Waals surface area contributed by atoms with Gasteiger partial charge < -0.3 is 4.90 Å². The Kier molecular flexibility index (Phi) is 8.45. The Labute approximate surface area is 226 Å². The van der Waals surface area contributed by atoms with Crippen LogP contribution in [0.25, 0.3) is 32.9 Å². The lowest BCUT2D eigenvalue weighted by Crippen LogP contribution is -2.32. The van der Waals surface area contributed by atoms with Gasteiger partial charge in [-0.05, 0) is 34.9 Å². The summed E-state index contributed by atoms with van der Waals surface area (Å²) >= 11 is 0. The third-order valence-corrected chi connectivity index (χ3v) is 7.33. The van der Waals surface area contributed by atoms with Crippen LogP contribution < -0.4 is 0 Å². The van der Waals surface area contributed by atoms with E-state index in [0.717, 1.165) is 47.1 Å². The summed E-state index contributed by atoms with van der Waals surface area (Å²) in [5, 5.41) is 3.32. The van der Waals surface area contributed by atoms with E-state index >= 15 is 0 Å². The van der Waals surface area contributed by atoms with Gasteiger partial charge in [-0.1, -0.05) is 130 Å². The molecule has 0 unspecified atom stereocenters. The molecule has 0 aliphatic rings. The van der Waals surface area contributed by atoms with Crippen molar-refractivity contribution in [3.63, 3.8) is 0 Å². The minimum absolute atomic E-state index is 0.0715. The second kappa shape index (κ2) is 12.5. The summed E-state index contributed by atoms with van der Waals surface area (Å²) in [5.41, 5.74) is 4.60. The fraction of sp³-hybridized carbons (Fsp3) is 0.257. The lowest BCUT2D eigenvalue weighted by molar-refractivity contribution is 0.0742. The van der Waals surface area contributed by atoms with E-state index in [4.69, 9.17) is 4.98 Å². The van der Waals surface area contributed by atoms with Crippen molar-refractivity contribution in [1.82, 2.24) is 9.88 Å². The Hall–Kier alpha value is -3.98. The third-order valence-electron chi connectivity index (χ3n) is 7.33. The van der Waals surface area contributed by atoms with Gasteiger partial charge in [-0.2, -0.15) is 0 Å². The molecule has 5 rings (SSSR count). The van der Waals surface area contributed by atoms with Crippen LogP contribution in [0.3, 0.4) is 0 Å². The summed E-state index contributed by atoms with van der Waals surface area (Å²) in [6, 6.07) is 35.0. The number of carbonyl (C=O) groups is 1. The molecule has 38 heavy (non-hydrogen) atoms. The maximum atomic E-state index is 14.3. The number of pyridine rings is 1. The molecule has 0 fully saturated rings. The zero-order chi connectivity index (χ0) is 26.2. The Balaban J connectivity index is 1.50. The van der Waals surface area contributed by atoms with Gasteiger partial charge in [0.15, 0.2) is 0 Å². The monoisotopic (exact) mass is 500 g/mol. The van der Waals surface area contributed by atoms with E-state index in [9.17, 15) is 4.79 Å². The SMILES string of the molecule is CCCCCCCCN(Cc1cccc2ccccc12)C(=O)c1cc(-c2ccccc2)nc2ccccc12. The molecule has 0 saturated carbocycles. The first-order chi connectivity index (χ1) is 18.7. The minimum atomic E-state index is 0.0715. The highest BCUT2D eigenvalue weighted by atomic mass is 16.2. The summed E-state index contributed by atoms with van der Waals surface area (Å²) in [5.74, 6) is 0.0715. The number of para-hydroxylation sites is 1. The Morgan fingerprint density at radius 1 is 0.711 bits per heavy atom. The molecule has 4 aromatic carbocycles. The highest BCUT2D eigenvalue weighted by Gasteiger charge is 2.21. The van der Waals surface area contributed by atoms with Crippen molar-refractivity contribution < 1.29 is 4.79 Å². The summed E-state index contributed by atoms with van der Waals surface area (Å²) in [7, 11) is 0. The van der Waals surface area contributed by atoms with E-state index in [1.165, 1.54) is 42.0 Å². The summed E-state index contributed by atoms with van der Waals surface area (Å²) in [6.45, 7) is 3.57. The van der Waals surface area contributed by atoms with Gasteiger partial charge in [-0.25, -0.2) is 4.98 Å². The Bertz CT molecular complexity index is 1500. The Morgan fingerprint density at radius 3 is 2.24 bits per heavy atom. The van der Waals surface area contributed by atoms with Crippen LogP contribution >= 0.6 is 0 Å². The van der Waals surface area contributed by atoms with Crippen molar-refractivity contribution >= 4 is 27.6 Å². The van der Waals surface area contributed by atoms with E-state index < -0.39 is 0 Å². The quantitative estimate of drug-likeness (QED) is 0.169. The van der Waals surface area contributed by atoms with Crippen molar-refractivity contribution in [2.24, 2.45) is 0 Å². The van der Waals surface area contributed by atoms with Gasteiger partial charge in [0.1, 0.15) is 0 Å². The first-order valence-electron chi connectivity index (χ1n) is 14.0. The molecule has 0 aliphatic carbocycles. The molecule has 0 spiro atoms. The van der Waals surface area contributed by atoms with E-state index in [2.05, 4.69) is 66.4 Å². The number of amides is 1. The van der Waals surface area contributed by atoms with E-state index in [0.29, 0.717) is 6.54 Å². The van der Waals surface area contributed by atoms with E-state index in [-0.39, 0.29) is 5.91 Å². The molecule has 5 aromatic rings. The predicted octanol–water partition coefficient (Wildman–Crippen LogP) is 9.06. The normalized spacial score (nSPS) is 11.2.